The van der Waals surface area contributed by atoms with Crippen LogP contribution in [-0.4, -0.2) is 11.9 Å². The van der Waals surface area contributed by atoms with Gasteiger partial charge in [0.1, 0.15) is 6.07 Å². The Kier molecular flexibility index (Phi) is 5.23. The van der Waals surface area contributed by atoms with E-state index in [-0.39, 0.29) is 11.8 Å². The summed E-state index contributed by atoms with van der Waals surface area (Å²) in [5.74, 6) is 2.48. The number of nitriles is 1. The monoisotopic (exact) mass is 294 g/mol. The minimum Gasteiger partial charge on any atom is -0.284 e. The van der Waals surface area contributed by atoms with E-state index >= 15 is 0 Å². The largest absolute Gasteiger partial charge is 0.284 e. The maximum Gasteiger partial charge on any atom is 0.232 e. The average Bonchev–Trinajstić information content (AvgIpc) is 3.06. The quantitative estimate of drug-likeness (QED) is 0.796. The van der Waals surface area contributed by atoms with Crippen LogP contribution in [0, 0.1) is 36.5 Å². The first-order chi connectivity index (χ1) is 10.6. The smallest absolute Gasteiger partial charge is 0.232 e. The molecular formula is C19H22N2O. The molecule has 1 unspecified atom stereocenters. The molecule has 1 saturated carbocycles. The minimum absolute atomic E-state index is 0.00556. The number of para-hydroxylation sites is 1. The fraction of sp³-hybridized carbons (Fsp3) is 0.474. The summed E-state index contributed by atoms with van der Waals surface area (Å²) in [6, 6.07) is 7.20. The van der Waals surface area contributed by atoms with E-state index in [1.807, 2.05) is 32.0 Å². The van der Waals surface area contributed by atoms with Gasteiger partial charge in [-0.25, -0.2) is 0 Å². The lowest BCUT2D eigenvalue weighted by Gasteiger charge is -2.30. The highest BCUT2D eigenvalue weighted by Gasteiger charge is 2.33. The molecule has 1 fully saturated rings. The molecule has 1 amide bonds. The number of amides is 1. The number of aryl methyl sites for hydroxylation is 2. The van der Waals surface area contributed by atoms with Crippen LogP contribution in [0.3, 0.4) is 0 Å². The van der Waals surface area contributed by atoms with E-state index in [1.54, 1.807) is 4.90 Å². The summed E-state index contributed by atoms with van der Waals surface area (Å²) < 4.78 is 0. The third-order valence-corrected chi connectivity index (χ3v) is 4.42. The molecule has 3 heteroatoms. The van der Waals surface area contributed by atoms with Crippen molar-refractivity contribution in [2.24, 2.45) is 5.92 Å². The van der Waals surface area contributed by atoms with Crippen molar-refractivity contribution in [1.82, 2.24) is 0 Å². The maximum atomic E-state index is 13.0. The molecule has 1 aliphatic carbocycles. The molecule has 0 aromatic heterocycles. The van der Waals surface area contributed by atoms with Crippen LogP contribution < -0.4 is 4.90 Å². The summed E-state index contributed by atoms with van der Waals surface area (Å²) in [6.45, 7) is 4.02. The number of hydrogen-bond acceptors (Lipinski definition) is 2. The van der Waals surface area contributed by atoms with E-state index in [0.717, 1.165) is 48.9 Å². The summed E-state index contributed by atoms with van der Waals surface area (Å²) in [5, 5.41) is 9.42. The molecule has 1 atom stereocenters. The van der Waals surface area contributed by atoms with Gasteiger partial charge in [-0.1, -0.05) is 43.9 Å². The molecule has 2 rings (SSSR count). The number of hydrogen-bond donors (Lipinski definition) is 0. The van der Waals surface area contributed by atoms with Gasteiger partial charge in [-0.3, -0.25) is 9.69 Å². The summed E-state index contributed by atoms with van der Waals surface area (Å²) >= 11 is 0. The Morgan fingerprint density at radius 3 is 2.68 bits per heavy atom. The highest BCUT2D eigenvalue weighted by Crippen LogP contribution is 2.33. The van der Waals surface area contributed by atoms with Crippen LogP contribution in [0.15, 0.2) is 18.2 Å². The minimum atomic E-state index is -0.848. The van der Waals surface area contributed by atoms with E-state index in [1.165, 1.54) is 0 Å². The number of nitrogens with zero attached hydrogens (tertiary/aromatic N) is 2. The molecule has 22 heavy (non-hydrogen) atoms. The second-order valence-electron chi connectivity index (χ2n) is 5.82. The molecule has 0 N–H and O–H groups in total. The summed E-state index contributed by atoms with van der Waals surface area (Å²) in [6.07, 6.45) is 10.3. The van der Waals surface area contributed by atoms with Crippen LogP contribution in [0.2, 0.25) is 0 Å². The molecule has 0 spiro atoms. The van der Waals surface area contributed by atoms with Crippen molar-refractivity contribution in [3.8, 4) is 18.4 Å². The van der Waals surface area contributed by atoms with Gasteiger partial charge in [0.25, 0.3) is 0 Å². The van der Waals surface area contributed by atoms with Crippen LogP contribution in [-0.2, 0) is 11.2 Å². The lowest BCUT2D eigenvalue weighted by molar-refractivity contribution is -0.122. The molecule has 1 aromatic carbocycles. The Labute approximate surface area is 132 Å². The topological polar surface area (TPSA) is 44.1 Å². The molecular weight excluding hydrogens is 272 g/mol. The number of carbonyl (C=O) groups is 1. The van der Waals surface area contributed by atoms with Crippen LogP contribution in [0.5, 0.6) is 0 Å². The van der Waals surface area contributed by atoms with Crippen molar-refractivity contribution < 1.29 is 4.79 Å². The molecule has 1 aliphatic rings. The van der Waals surface area contributed by atoms with Gasteiger partial charge in [-0.15, -0.1) is 6.42 Å². The third-order valence-electron chi connectivity index (χ3n) is 4.42. The van der Waals surface area contributed by atoms with Gasteiger partial charge in [0.15, 0.2) is 6.04 Å². The van der Waals surface area contributed by atoms with Gasteiger partial charge in [0, 0.05) is 5.92 Å². The Morgan fingerprint density at radius 1 is 1.45 bits per heavy atom. The summed E-state index contributed by atoms with van der Waals surface area (Å²) in [4.78, 5) is 14.6. The van der Waals surface area contributed by atoms with E-state index in [0.29, 0.717) is 0 Å². The molecule has 0 aliphatic heterocycles. The molecule has 114 valence electrons. The number of terminal acetylenes is 1. The highest BCUT2D eigenvalue weighted by molar-refractivity contribution is 5.98. The normalized spacial score (nSPS) is 15.8. The zero-order valence-corrected chi connectivity index (χ0v) is 13.3. The standard InChI is InChI=1S/C19H22N2O/c1-4-15-12-8-9-14(3)18(15)21(17(5-2)13-20)19(22)16-10-6-7-11-16/h2,8-9,12,16-17H,4,6-7,10-11H2,1,3H3. The first kappa shape index (κ1) is 16.1. The zero-order valence-electron chi connectivity index (χ0n) is 13.3. The van der Waals surface area contributed by atoms with Gasteiger partial charge < -0.3 is 0 Å². The van der Waals surface area contributed by atoms with Crippen molar-refractivity contribution in [3.63, 3.8) is 0 Å². The Hall–Kier alpha value is -2.26. The second kappa shape index (κ2) is 7.14. The number of benzene rings is 1. The fourth-order valence-electron chi connectivity index (χ4n) is 3.26. The molecule has 0 radical (unpaired) electrons. The zero-order chi connectivity index (χ0) is 16.1. The van der Waals surface area contributed by atoms with Crippen LogP contribution in [0.4, 0.5) is 5.69 Å². The predicted molar refractivity (Wildman–Crippen MR) is 88.2 cm³/mol. The van der Waals surface area contributed by atoms with Gasteiger partial charge in [-0.2, -0.15) is 5.26 Å². The third kappa shape index (κ3) is 3.00. The number of rotatable bonds is 4. The van der Waals surface area contributed by atoms with Gasteiger partial charge in [0.2, 0.25) is 5.91 Å². The Bertz CT molecular complexity index is 616. The van der Waals surface area contributed by atoms with Crippen molar-refractivity contribution in [1.29, 1.82) is 5.26 Å². The highest BCUT2D eigenvalue weighted by atomic mass is 16.2. The Morgan fingerprint density at radius 2 is 2.14 bits per heavy atom. The van der Waals surface area contributed by atoms with E-state index in [2.05, 4.69) is 12.0 Å². The van der Waals surface area contributed by atoms with Crippen LogP contribution in [0.25, 0.3) is 0 Å². The average molecular weight is 294 g/mol. The lowest BCUT2D eigenvalue weighted by Crippen LogP contribution is -2.43. The van der Waals surface area contributed by atoms with Crippen molar-refractivity contribution in [2.45, 2.75) is 52.0 Å². The first-order valence-corrected chi connectivity index (χ1v) is 7.91. The molecule has 0 saturated heterocycles. The SMILES string of the molecule is C#CC(C#N)N(C(=O)C1CCCC1)c1c(C)cccc1CC. The molecule has 0 heterocycles. The second-order valence-corrected chi connectivity index (χ2v) is 5.82. The van der Waals surface area contributed by atoms with Crippen molar-refractivity contribution in [2.75, 3.05) is 4.90 Å². The van der Waals surface area contributed by atoms with Gasteiger partial charge in [-0.05, 0) is 37.3 Å². The first-order valence-electron chi connectivity index (χ1n) is 7.91. The van der Waals surface area contributed by atoms with Crippen LogP contribution in [0.1, 0.15) is 43.7 Å². The summed E-state index contributed by atoms with van der Waals surface area (Å²) in [5.41, 5.74) is 2.87. The van der Waals surface area contributed by atoms with Crippen molar-refractivity contribution in [3.05, 3.63) is 29.3 Å². The predicted octanol–water partition coefficient (Wildman–Crippen LogP) is 3.61. The maximum absolute atomic E-state index is 13.0. The molecule has 3 nitrogen and oxygen atoms in total. The van der Waals surface area contributed by atoms with Gasteiger partial charge >= 0.3 is 0 Å². The lowest BCUT2D eigenvalue weighted by atomic mass is 9.99. The fourth-order valence-corrected chi connectivity index (χ4v) is 3.26. The van der Waals surface area contributed by atoms with E-state index < -0.39 is 6.04 Å². The van der Waals surface area contributed by atoms with Gasteiger partial charge in [0.05, 0.1) is 5.69 Å². The van der Waals surface area contributed by atoms with E-state index in [4.69, 9.17) is 6.42 Å². The summed E-state index contributed by atoms with van der Waals surface area (Å²) in [7, 11) is 0. The number of carbonyl (C=O) groups excluding carboxylic acids is 1. The number of anilines is 1. The molecule has 0 bridgehead atoms. The Balaban J connectivity index is 2.52. The molecule has 1 aromatic rings. The van der Waals surface area contributed by atoms with Crippen LogP contribution >= 0.6 is 0 Å². The van der Waals surface area contributed by atoms with E-state index in [9.17, 15) is 10.1 Å². The van der Waals surface area contributed by atoms with Crippen molar-refractivity contribution >= 4 is 11.6 Å².